The Morgan fingerprint density at radius 2 is 2.00 bits per heavy atom. The van der Waals surface area contributed by atoms with E-state index in [1.807, 2.05) is 27.7 Å². The number of rotatable bonds is 3. The van der Waals surface area contributed by atoms with Gasteiger partial charge in [0.1, 0.15) is 0 Å². The Balaban J connectivity index is 3.89. The maximum atomic E-state index is 12.0. The zero-order chi connectivity index (χ0) is 9.99. The minimum Gasteiger partial charge on any atom is -0.299 e. The third-order valence-corrected chi connectivity index (χ3v) is 2.43. The number of hydrogen-bond donors (Lipinski definition) is 1. The topological polar surface area (TPSA) is 46.5 Å². The highest BCUT2D eigenvalue weighted by molar-refractivity contribution is 7.46. The second-order valence-corrected chi connectivity index (χ2v) is 5.18. The van der Waals surface area contributed by atoms with E-state index in [2.05, 4.69) is 4.52 Å². The first-order chi connectivity index (χ1) is 5.13. The number of halogens is 1. The second-order valence-electron chi connectivity index (χ2n) is 4.01. The third kappa shape index (κ3) is 5.70. The summed E-state index contributed by atoms with van der Waals surface area (Å²) in [5.41, 5.74) is -0.0465. The molecule has 0 rings (SSSR count). The van der Waals surface area contributed by atoms with Crippen LogP contribution in [0.3, 0.4) is 0 Å². The first kappa shape index (κ1) is 12.1. The lowest BCUT2D eigenvalue weighted by Gasteiger charge is -2.26. The summed E-state index contributed by atoms with van der Waals surface area (Å²) < 4.78 is 26.3. The molecule has 5 heteroatoms. The molecule has 0 amide bonds. The molecule has 0 aromatic rings. The highest BCUT2D eigenvalue weighted by atomic mass is 31.2. The van der Waals surface area contributed by atoms with Gasteiger partial charge in [0.15, 0.2) is 0 Å². The first-order valence-electron chi connectivity index (χ1n) is 3.80. The van der Waals surface area contributed by atoms with Gasteiger partial charge >= 0.3 is 7.91 Å². The Hall–Kier alpha value is 0.0800. The molecule has 0 spiro atoms. The predicted molar refractivity (Wildman–Crippen MR) is 45.5 cm³/mol. The zero-order valence-electron chi connectivity index (χ0n) is 7.87. The van der Waals surface area contributed by atoms with Crippen molar-refractivity contribution < 1.29 is 18.2 Å². The van der Waals surface area contributed by atoms with Crippen LogP contribution in [0.2, 0.25) is 0 Å². The van der Waals surface area contributed by atoms with Crippen LogP contribution in [0.4, 0.5) is 4.20 Å². The van der Waals surface area contributed by atoms with Gasteiger partial charge in [-0.25, -0.2) is 4.57 Å². The summed E-state index contributed by atoms with van der Waals surface area (Å²) in [6.07, 6.45) is 0. The molecule has 0 heterocycles. The van der Waals surface area contributed by atoms with Gasteiger partial charge in [-0.1, -0.05) is 27.7 Å². The van der Waals surface area contributed by atoms with Crippen molar-refractivity contribution in [1.82, 2.24) is 0 Å². The van der Waals surface area contributed by atoms with Gasteiger partial charge in [0, 0.05) is 0 Å². The van der Waals surface area contributed by atoms with E-state index in [9.17, 15) is 8.76 Å². The molecule has 2 atom stereocenters. The van der Waals surface area contributed by atoms with Gasteiger partial charge in [-0.15, -0.1) is 4.20 Å². The van der Waals surface area contributed by atoms with E-state index in [4.69, 9.17) is 4.89 Å². The summed E-state index contributed by atoms with van der Waals surface area (Å²) in [6.45, 7) is 7.69. The van der Waals surface area contributed by atoms with Crippen LogP contribution in [-0.2, 0) is 9.09 Å². The van der Waals surface area contributed by atoms with E-state index in [-0.39, 0.29) is 17.9 Å². The van der Waals surface area contributed by atoms with E-state index in [0.29, 0.717) is 0 Å². The molecule has 0 aliphatic rings. The summed E-state index contributed by atoms with van der Waals surface area (Å²) in [7, 11) is -4.79. The van der Waals surface area contributed by atoms with Gasteiger partial charge in [-0.2, -0.15) is 0 Å². The molecule has 0 aliphatic carbocycles. The molecule has 0 saturated heterocycles. The molecule has 1 N–H and O–H groups in total. The molecule has 74 valence electrons. The Morgan fingerprint density at radius 3 is 2.25 bits per heavy atom. The quantitative estimate of drug-likeness (QED) is 0.709. The molecule has 12 heavy (non-hydrogen) atoms. The van der Waals surface area contributed by atoms with Gasteiger partial charge in [0.2, 0.25) is 0 Å². The maximum Gasteiger partial charge on any atom is 0.510 e. The molecule has 2 unspecified atom stereocenters. The van der Waals surface area contributed by atoms with E-state index >= 15 is 0 Å². The Kier molecular flexibility index (Phi) is 3.88. The summed E-state index contributed by atoms with van der Waals surface area (Å²) in [5, 5.41) is 0. The van der Waals surface area contributed by atoms with Crippen molar-refractivity contribution in [3.05, 3.63) is 0 Å². The minimum atomic E-state index is -4.79. The standard InChI is InChI=1S/C7H16FO3P/c1-6(7(2,3)4)5-11-12(8,9)10/h6H,5H2,1-4H3,(H,9,10). The normalized spacial score (nSPS) is 20.2. The molecular weight excluding hydrogens is 182 g/mol. The van der Waals surface area contributed by atoms with E-state index in [1.54, 1.807) is 0 Å². The summed E-state index contributed by atoms with van der Waals surface area (Å²) >= 11 is 0. The van der Waals surface area contributed by atoms with Crippen LogP contribution in [0.15, 0.2) is 0 Å². The lowest BCUT2D eigenvalue weighted by molar-refractivity contribution is 0.135. The van der Waals surface area contributed by atoms with Crippen LogP contribution in [0.5, 0.6) is 0 Å². The zero-order valence-corrected chi connectivity index (χ0v) is 8.77. The fourth-order valence-electron chi connectivity index (χ4n) is 0.454. The van der Waals surface area contributed by atoms with Crippen molar-refractivity contribution in [2.45, 2.75) is 27.7 Å². The number of hydrogen-bond acceptors (Lipinski definition) is 2. The minimum absolute atomic E-state index is 0.0340. The van der Waals surface area contributed by atoms with Crippen LogP contribution in [0.1, 0.15) is 27.7 Å². The fraction of sp³-hybridized carbons (Fsp3) is 1.00. The highest BCUT2D eigenvalue weighted by Gasteiger charge is 2.25. The Bertz CT molecular complexity index is 182. The van der Waals surface area contributed by atoms with E-state index < -0.39 is 7.91 Å². The fourth-order valence-corrected chi connectivity index (χ4v) is 0.861. The van der Waals surface area contributed by atoms with Crippen molar-refractivity contribution in [3.63, 3.8) is 0 Å². The van der Waals surface area contributed by atoms with Gasteiger partial charge in [0.05, 0.1) is 6.61 Å². The van der Waals surface area contributed by atoms with Crippen LogP contribution in [0.25, 0.3) is 0 Å². The molecule has 0 fully saturated rings. The van der Waals surface area contributed by atoms with Crippen LogP contribution in [-0.4, -0.2) is 11.5 Å². The van der Waals surface area contributed by atoms with Gasteiger partial charge in [-0.05, 0) is 11.3 Å². The highest BCUT2D eigenvalue weighted by Crippen LogP contribution is 2.44. The molecule has 0 radical (unpaired) electrons. The molecule has 0 aromatic carbocycles. The van der Waals surface area contributed by atoms with Gasteiger partial charge in [-0.3, -0.25) is 9.42 Å². The van der Waals surface area contributed by atoms with Crippen molar-refractivity contribution in [1.29, 1.82) is 0 Å². The van der Waals surface area contributed by atoms with Gasteiger partial charge < -0.3 is 0 Å². The van der Waals surface area contributed by atoms with Crippen molar-refractivity contribution >= 4 is 7.91 Å². The second kappa shape index (κ2) is 3.86. The molecule has 0 bridgehead atoms. The molecule has 0 saturated carbocycles. The van der Waals surface area contributed by atoms with Crippen molar-refractivity contribution in [2.24, 2.45) is 11.3 Å². The summed E-state index contributed by atoms with van der Waals surface area (Å²) in [5.74, 6) is 0.0359. The van der Waals surface area contributed by atoms with Crippen molar-refractivity contribution in [3.8, 4) is 0 Å². The molecule has 0 aromatic heterocycles. The average Bonchev–Trinajstić information content (AvgIpc) is 1.78. The van der Waals surface area contributed by atoms with Crippen LogP contribution < -0.4 is 0 Å². The van der Waals surface area contributed by atoms with E-state index in [1.165, 1.54) is 0 Å². The predicted octanol–water partition coefficient (Wildman–Crippen LogP) is 2.76. The SMILES string of the molecule is CC(COP(=O)(O)F)C(C)(C)C. The maximum absolute atomic E-state index is 12.0. The lowest BCUT2D eigenvalue weighted by atomic mass is 9.83. The summed E-state index contributed by atoms with van der Waals surface area (Å²) in [4.78, 5) is 8.20. The largest absolute Gasteiger partial charge is 0.510 e. The lowest BCUT2D eigenvalue weighted by Crippen LogP contribution is -2.21. The average molecular weight is 198 g/mol. The van der Waals surface area contributed by atoms with Gasteiger partial charge in [0.25, 0.3) is 0 Å². The smallest absolute Gasteiger partial charge is 0.299 e. The summed E-state index contributed by atoms with van der Waals surface area (Å²) in [6, 6.07) is 0. The monoisotopic (exact) mass is 198 g/mol. The van der Waals surface area contributed by atoms with Crippen LogP contribution in [0, 0.1) is 11.3 Å². The molecule has 0 aliphatic heterocycles. The van der Waals surface area contributed by atoms with E-state index in [0.717, 1.165) is 0 Å². The van der Waals surface area contributed by atoms with Crippen molar-refractivity contribution in [2.75, 3.05) is 6.61 Å². The Morgan fingerprint density at radius 1 is 1.58 bits per heavy atom. The first-order valence-corrected chi connectivity index (χ1v) is 5.27. The molecular formula is C7H16FO3P. The Labute approximate surface area is 72.6 Å². The third-order valence-electron chi connectivity index (χ3n) is 1.96. The van der Waals surface area contributed by atoms with Crippen LogP contribution >= 0.6 is 7.91 Å². The molecule has 3 nitrogen and oxygen atoms in total.